The van der Waals surface area contributed by atoms with Crippen LogP contribution in [0.1, 0.15) is 33.2 Å². The van der Waals surface area contributed by atoms with E-state index in [0.717, 1.165) is 11.1 Å². The average molecular weight is 416 g/mol. The first kappa shape index (κ1) is 20.3. The lowest BCUT2D eigenvalue weighted by Crippen LogP contribution is -2.24. The fraction of sp³-hybridized carbons (Fsp3) is 0.125. The van der Waals surface area contributed by atoms with Gasteiger partial charge in [0.05, 0.1) is 23.0 Å². The number of aromatic nitrogens is 2. The SMILES string of the molecule is CCNC(=O)c1cccc(CNC(=O)c2cccc3c2cnn3-c2ccc(F)cc2)c1. The van der Waals surface area contributed by atoms with Gasteiger partial charge in [0.15, 0.2) is 0 Å². The van der Waals surface area contributed by atoms with Gasteiger partial charge in [0.25, 0.3) is 11.8 Å². The molecule has 0 atom stereocenters. The Kier molecular flexibility index (Phi) is 5.75. The van der Waals surface area contributed by atoms with Crippen LogP contribution in [0, 0.1) is 5.82 Å². The third-order valence-corrected chi connectivity index (χ3v) is 4.91. The number of hydrogen-bond donors (Lipinski definition) is 2. The maximum atomic E-state index is 13.2. The number of rotatable bonds is 6. The number of carbonyl (C=O) groups is 2. The van der Waals surface area contributed by atoms with Gasteiger partial charge in [-0.25, -0.2) is 9.07 Å². The highest BCUT2D eigenvalue weighted by molar-refractivity contribution is 6.06. The molecule has 3 aromatic carbocycles. The molecular formula is C24H21FN4O2. The number of benzene rings is 3. The first-order chi connectivity index (χ1) is 15.1. The Labute approximate surface area is 178 Å². The van der Waals surface area contributed by atoms with Gasteiger partial charge >= 0.3 is 0 Å². The predicted octanol–water partition coefficient (Wildman–Crippen LogP) is 3.84. The van der Waals surface area contributed by atoms with Crippen LogP contribution in [0.25, 0.3) is 16.6 Å². The van der Waals surface area contributed by atoms with Crippen molar-refractivity contribution in [1.82, 2.24) is 20.4 Å². The van der Waals surface area contributed by atoms with E-state index in [1.54, 1.807) is 53.3 Å². The van der Waals surface area contributed by atoms with Crippen molar-refractivity contribution in [2.24, 2.45) is 0 Å². The minimum absolute atomic E-state index is 0.145. The molecule has 0 unspecified atom stereocenters. The number of amides is 2. The summed E-state index contributed by atoms with van der Waals surface area (Å²) in [5, 5.41) is 10.7. The Morgan fingerprint density at radius 3 is 2.52 bits per heavy atom. The smallest absolute Gasteiger partial charge is 0.252 e. The molecule has 2 N–H and O–H groups in total. The topological polar surface area (TPSA) is 76.0 Å². The number of hydrogen-bond acceptors (Lipinski definition) is 3. The van der Waals surface area contributed by atoms with E-state index in [2.05, 4.69) is 15.7 Å². The van der Waals surface area contributed by atoms with Gasteiger partial charge in [-0.05, 0) is 61.0 Å². The number of nitrogens with zero attached hydrogens (tertiary/aromatic N) is 2. The lowest BCUT2D eigenvalue weighted by atomic mass is 10.1. The molecular weight excluding hydrogens is 395 g/mol. The van der Waals surface area contributed by atoms with Crippen LogP contribution >= 0.6 is 0 Å². The van der Waals surface area contributed by atoms with Gasteiger partial charge in [0, 0.05) is 24.0 Å². The van der Waals surface area contributed by atoms with Crippen LogP contribution in [-0.4, -0.2) is 28.1 Å². The van der Waals surface area contributed by atoms with E-state index < -0.39 is 0 Å². The van der Waals surface area contributed by atoms with Crippen LogP contribution in [0.5, 0.6) is 0 Å². The second-order valence-corrected chi connectivity index (χ2v) is 7.01. The van der Waals surface area contributed by atoms with Crippen molar-refractivity contribution in [2.45, 2.75) is 13.5 Å². The van der Waals surface area contributed by atoms with E-state index >= 15 is 0 Å². The molecule has 0 fully saturated rings. The van der Waals surface area contributed by atoms with Crippen molar-refractivity contribution >= 4 is 22.7 Å². The zero-order chi connectivity index (χ0) is 21.8. The van der Waals surface area contributed by atoms with Crippen molar-refractivity contribution in [3.05, 3.63) is 95.4 Å². The Hall–Kier alpha value is -4.00. The van der Waals surface area contributed by atoms with Gasteiger partial charge in [-0.2, -0.15) is 5.10 Å². The van der Waals surface area contributed by atoms with Gasteiger partial charge < -0.3 is 10.6 Å². The third-order valence-electron chi connectivity index (χ3n) is 4.91. The molecule has 0 spiro atoms. The zero-order valence-corrected chi connectivity index (χ0v) is 16.9. The Balaban J connectivity index is 1.54. The maximum absolute atomic E-state index is 13.2. The van der Waals surface area contributed by atoms with Crippen molar-refractivity contribution in [3.8, 4) is 5.69 Å². The molecule has 0 aliphatic carbocycles. The molecule has 0 aliphatic heterocycles. The molecule has 1 aromatic heterocycles. The van der Waals surface area contributed by atoms with E-state index in [4.69, 9.17) is 0 Å². The van der Waals surface area contributed by atoms with Crippen LogP contribution in [0.2, 0.25) is 0 Å². The molecule has 7 heteroatoms. The molecule has 4 aromatic rings. The van der Waals surface area contributed by atoms with Crippen LogP contribution in [0.15, 0.2) is 72.9 Å². The normalized spacial score (nSPS) is 10.8. The first-order valence-electron chi connectivity index (χ1n) is 9.95. The molecule has 6 nitrogen and oxygen atoms in total. The van der Waals surface area contributed by atoms with Crippen LogP contribution in [0.4, 0.5) is 4.39 Å². The summed E-state index contributed by atoms with van der Waals surface area (Å²) in [4.78, 5) is 24.9. The first-order valence-corrected chi connectivity index (χ1v) is 9.95. The number of nitrogens with one attached hydrogen (secondary N) is 2. The van der Waals surface area contributed by atoms with Gasteiger partial charge in [0.1, 0.15) is 5.82 Å². The van der Waals surface area contributed by atoms with E-state index in [1.165, 1.54) is 12.1 Å². The molecule has 4 rings (SSSR count). The number of halogens is 1. The van der Waals surface area contributed by atoms with Gasteiger partial charge in [-0.3, -0.25) is 9.59 Å². The van der Waals surface area contributed by atoms with Gasteiger partial charge in [-0.15, -0.1) is 0 Å². The van der Waals surface area contributed by atoms with Crippen LogP contribution in [0.3, 0.4) is 0 Å². The minimum Gasteiger partial charge on any atom is -0.352 e. The standard InChI is InChI=1S/C24H21FN4O2/c1-2-26-23(30)17-6-3-5-16(13-17)14-27-24(31)20-7-4-8-22-21(20)15-28-29(22)19-11-9-18(25)10-12-19/h3-13,15H,2,14H2,1H3,(H,26,30)(H,27,31). The lowest BCUT2D eigenvalue weighted by molar-refractivity contribution is 0.0948. The summed E-state index contributed by atoms with van der Waals surface area (Å²) in [7, 11) is 0. The summed E-state index contributed by atoms with van der Waals surface area (Å²) in [6, 6.07) is 18.5. The highest BCUT2D eigenvalue weighted by Gasteiger charge is 2.14. The summed E-state index contributed by atoms with van der Waals surface area (Å²) < 4.78 is 14.9. The Bertz CT molecular complexity index is 1250. The van der Waals surface area contributed by atoms with Gasteiger partial charge in [-0.1, -0.05) is 18.2 Å². The number of carbonyl (C=O) groups excluding carboxylic acids is 2. The monoisotopic (exact) mass is 416 g/mol. The van der Waals surface area contributed by atoms with E-state index in [-0.39, 0.29) is 24.2 Å². The third kappa shape index (κ3) is 4.30. The molecule has 0 saturated heterocycles. The van der Waals surface area contributed by atoms with E-state index in [9.17, 15) is 14.0 Å². The molecule has 2 amide bonds. The molecule has 0 aliphatic rings. The molecule has 31 heavy (non-hydrogen) atoms. The van der Waals surface area contributed by atoms with Crippen LogP contribution in [-0.2, 0) is 6.54 Å². The van der Waals surface area contributed by atoms with Crippen molar-refractivity contribution in [2.75, 3.05) is 6.54 Å². The fourth-order valence-corrected chi connectivity index (χ4v) is 3.40. The fourth-order valence-electron chi connectivity index (χ4n) is 3.40. The maximum Gasteiger partial charge on any atom is 0.252 e. The molecule has 0 saturated carbocycles. The minimum atomic E-state index is -0.323. The summed E-state index contributed by atoms with van der Waals surface area (Å²) in [6.45, 7) is 2.70. The quantitative estimate of drug-likeness (QED) is 0.501. The highest BCUT2D eigenvalue weighted by atomic mass is 19.1. The Morgan fingerprint density at radius 2 is 1.74 bits per heavy atom. The largest absolute Gasteiger partial charge is 0.352 e. The van der Waals surface area contributed by atoms with E-state index in [0.29, 0.717) is 28.7 Å². The predicted molar refractivity (Wildman–Crippen MR) is 117 cm³/mol. The Morgan fingerprint density at radius 1 is 0.968 bits per heavy atom. The second kappa shape index (κ2) is 8.79. The van der Waals surface area contributed by atoms with Crippen molar-refractivity contribution in [3.63, 3.8) is 0 Å². The molecule has 1 heterocycles. The average Bonchev–Trinajstić information content (AvgIpc) is 3.22. The van der Waals surface area contributed by atoms with Gasteiger partial charge in [0.2, 0.25) is 0 Å². The summed E-state index contributed by atoms with van der Waals surface area (Å²) >= 11 is 0. The highest BCUT2D eigenvalue weighted by Crippen LogP contribution is 2.22. The molecule has 156 valence electrons. The number of fused-ring (bicyclic) bond motifs is 1. The zero-order valence-electron chi connectivity index (χ0n) is 16.9. The summed E-state index contributed by atoms with van der Waals surface area (Å²) in [5.41, 5.74) is 3.32. The van der Waals surface area contributed by atoms with E-state index in [1.807, 2.05) is 19.1 Å². The van der Waals surface area contributed by atoms with Crippen molar-refractivity contribution in [1.29, 1.82) is 0 Å². The second-order valence-electron chi connectivity index (χ2n) is 7.01. The molecule has 0 bridgehead atoms. The summed E-state index contributed by atoms with van der Waals surface area (Å²) in [6.07, 6.45) is 1.63. The lowest BCUT2D eigenvalue weighted by Gasteiger charge is -2.09. The summed E-state index contributed by atoms with van der Waals surface area (Å²) in [5.74, 6) is -0.710. The molecule has 0 radical (unpaired) electrons. The van der Waals surface area contributed by atoms with Crippen LogP contribution < -0.4 is 10.6 Å². The van der Waals surface area contributed by atoms with Crippen molar-refractivity contribution < 1.29 is 14.0 Å².